The zero-order valence-corrected chi connectivity index (χ0v) is 19.5. The Bertz CT molecular complexity index is 1520. The number of nitrogens with zero attached hydrogens (tertiary/aromatic N) is 3. The molecule has 2 aromatic carbocycles. The topological polar surface area (TPSA) is 80.6 Å². The molecule has 0 aliphatic heterocycles. The Labute approximate surface area is 201 Å². The van der Waals surface area contributed by atoms with Crippen LogP contribution >= 0.6 is 0 Å². The van der Waals surface area contributed by atoms with Gasteiger partial charge in [-0.05, 0) is 43.2 Å². The molecule has 6 nitrogen and oxygen atoms in total. The third kappa shape index (κ3) is 4.71. The molecule has 0 amide bonds. The maximum absolute atomic E-state index is 13.9. The van der Waals surface area contributed by atoms with Crippen molar-refractivity contribution in [3.63, 3.8) is 0 Å². The van der Waals surface area contributed by atoms with Gasteiger partial charge in [0, 0.05) is 18.2 Å². The first-order chi connectivity index (χ1) is 16.9. The van der Waals surface area contributed by atoms with Crippen molar-refractivity contribution >= 4 is 11.6 Å². The maximum atomic E-state index is 13.9. The number of aryl methyl sites for hydroxylation is 2. The maximum Gasteiger partial charge on any atom is 0.309 e. The summed E-state index contributed by atoms with van der Waals surface area (Å²) in [4.78, 5) is 21.5. The average molecular weight is 470 g/mol. The second-order valence-electron chi connectivity index (χ2n) is 8.64. The Balaban J connectivity index is 1.71. The Kier molecular flexibility index (Phi) is 5.91. The van der Waals surface area contributed by atoms with Crippen LogP contribution in [-0.4, -0.2) is 25.4 Å². The molecule has 0 atom stereocenters. The van der Waals surface area contributed by atoms with E-state index in [0.29, 0.717) is 41.3 Å². The fraction of sp³-hybridized carbons (Fsp3) is 0.179. The molecule has 35 heavy (non-hydrogen) atoms. The normalized spacial score (nSPS) is 11.3. The Morgan fingerprint density at radius 1 is 1.00 bits per heavy atom. The van der Waals surface area contributed by atoms with Crippen molar-refractivity contribution in [3.8, 4) is 11.3 Å². The van der Waals surface area contributed by atoms with Crippen LogP contribution < -0.4 is 0 Å². The summed E-state index contributed by atoms with van der Waals surface area (Å²) in [5.74, 6) is 0.267. The molecule has 0 radical (unpaired) electrons. The first-order valence-electron chi connectivity index (χ1n) is 11.3. The molecule has 0 saturated carbocycles. The number of aromatic nitrogens is 3. The SMILES string of the molecule is Cc1cc(Cc2nc3c(Cc4cccc(F)c4)nc(-c4ccccc4)cn3c2CC(=O)O)oc1C. The number of halogens is 1. The van der Waals surface area contributed by atoms with Crippen molar-refractivity contribution < 1.29 is 18.7 Å². The molecule has 176 valence electrons. The number of carboxylic acid groups (broad SMARTS) is 1. The van der Waals surface area contributed by atoms with E-state index >= 15 is 0 Å². The smallest absolute Gasteiger partial charge is 0.309 e. The van der Waals surface area contributed by atoms with Gasteiger partial charge < -0.3 is 9.52 Å². The van der Waals surface area contributed by atoms with Gasteiger partial charge in [-0.15, -0.1) is 0 Å². The highest BCUT2D eigenvalue weighted by Gasteiger charge is 2.21. The minimum atomic E-state index is -0.954. The summed E-state index contributed by atoms with van der Waals surface area (Å²) in [6, 6.07) is 18.0. The fourth-order valence-corrected chi connectivity index (χ4v) is 4.28. The monoisotopic (exact) mass is 469 g/mol. The summed E-state index contributed by atoms with van der Waals surface area (Å²) >= 11 is 0. The van der Waals surface area contributed by atoms with Crippen molar-refractivity contribution in [2.75, 3.05) is 0 Å². The van der Waals surface area contributed by atoms with E-state index < -0.39 is 5.97 Å². The minimum Gasteiger partial charge on any atom is -0.481 e. The van der Waals surface area contributed by atoms with Crippen molar-refractivity contribution in [2.24, 2.45) is 0 Å². The van der Waals surface area contributed by atoms with E-state index in [4.69, 9.17) is 14.4 Å². The highest BCUT2D eigenvalue weighted by Crippen LogP contribution is 2.26. The summed E-state index contributed by atoms with van der Waals surface area (Å²) in [6.07, 6.45) is 2.34. The van der Waals surface area contributed by atoms with Gasteiger partial charge in [0.25, 0.3) is 0 Å². The summed E-state index contributed by atoms with van der Waals surface area (Å²) in [5.41, 5.74) is 5.75. The van der Waals surface area contributed by atoms with Crippen LogP contribution in [0.1, 0.15) is 39.7 Å². The van der Waals surface area contributed by atoms with Crippen LogP contribution in [0.25, 0.3) is 16.9 Å². The van der Waals surface area contributed by atoms with Gasteiger partial charge in [0.1, 0.15) is 17.3 Å². The fourth-order valence-electron chi connectivity index (χ4n) is 4.28. The van der Waals surface area contributed by atoms with Crippen LogP contribution in [-0.2, 0) is 24.1 Å². The first-order valence-corrected chi connectivity index (χ1v) is 11.3. The van der Waals surface area contributed by atoms with Gasteiger partial charge in [-0.3, -0.25) is 9.20 Å². The van der Waals surface area contributed by atoms with Crippen LogP contribution in [0.15, 0.2) is 71.3 Å². The molecule has 3 heterocycles. The van der Waals surface area contributed by atoms with E-state index in [2.05, 4.69) is 0 Å². The van der Waals surface area contributed by atoms with E-state index in [1.165, 1.54) is 12.1 Å². The third-order valence-corrected chi connectivity index (χ3v) is 6.07. The molecular formula is C28H24FN3O3. The van der Waals surface area contributed by atoms with Gasteiger partial charge in [-0.2, -0.15) is 0 Å². The van der Waals surface area contributed by atoms with Crippen LogP contribution in [0.5, 0.6) is 0 Å². The summed E-state index contributed by atoms with van der Waals surface area (Å²) in [5, 5.41) is 9.68. The van der Waals surface area contributed by atoms with Crippen molar-refractivity contribution in [1.29, 1.82) is 0 Å². The Hall–Kier alpha value is -4.26. The number of furan rings is 1. The van der Waals surface area contributed by atoms with Gasteiger partial charge in [0.2, 0.25) is 0 Å². The molecule has 7 heteroatoms. The molecule has 0 fully saturated rings. The van der Waals surface area contributed by atoms with E-state index in [-0.39, 0.29) is 12.2 Å². The highest BCUT2D eigenvalue weighted by molar-refractivity contribution is 5.71. The first kappa shape index (κ1) is 22.5. The Morgan fingerprint density at radius 2 is 1.80 bits per heavy atom. The van der Waals surface area contributed by atoms with E-state index in [1.807, 2.05) is 66.9 Å². The molecule has 1 N–H and O–H groups in total. The van der Waals surface area contributed by atoms with Gasteiger partial charge in [-0.25, -0.2) is 14.4 Å². The summed E-state index contributed by atoms with van der Waals surface area (Å²) in [6.45, 7) is 3.87. The number of hydrogen-bond acceptors (Lipinski definition) is 4. The predicted molar refractivity (Wildman–Crippen MR) is 130 cm³/mol. The van der Waals surface area contributed by atoms with Gasteiger partial charge in [0.05, 0.1) is 35.6 Å². The Morgan fingerprint density at radius 3 is 2.49 bits per heavy atom. The lowest BCUT2D eigenvalue weighted by molar-refractivity contribution is -0.136. The molecule has 0 bridgehead atoms. The van der Waals surface area contributed by atoms with Gasteiger partial charge >= 0.3 is 5.97 Å². The molecule has 0 unspecified atom stereocenters. The molecule has 0 aliphatic rings. The summed E-state index contributed by atoms with van der Waals surface area (Å²) in [7, 11) is 0. The van der Waals surface area contributed by atoms with Gasteiger partial charge in [0.15, 0.2) is 5.65 Å². The van der Waals surface area contributed by atoms with Crippen LogP contribution in [0.2, 0.25) is 0 Å². The lowest BCUT2D eigenvalue weighted by Crippen LogP contribution is -2.08. The van der Waals surface area contributed by atoms with Crippen molar-refractivity contribution in [2.45, 2.75) is 33.1 Å². The number of carboxylic acids is 1. The zero-order valence-electron chi connectivity index (χ0n) is 19.5. The number of hydrogen-bond donors (Lipinski definition) is 1. The second kappa shape index (κ2) is 9.18. The molecular weight excluding hydrogens is 445 g/mol. The van der Waals surface area contributed by atoms with Crippen LogP contribution in [0.3, 0.4) is 0 Å². The second-order valence-corrected chi connectivity index (χ2v) is 8.64. The number of aliphatic carboxylic acids is 1. The number of fused-ring (bicyclic) bond motifs is 1. The van der Waals surface area contributed by atoms with E-state index in [0.717, 1.165) is 28.2 Å². The molecule has 0 spiro atoms. The standard InChI is InChI=1S/C28H24FN3O3/c1-17-11-22(35-18(17)2)14-23-26(15-27(33)34)32-16-25(20-8-4-3-5-9-20)30-24(28(32)31-23)13-19-7-6-10-21(29)12-19/h3-12,16H,13-15H2,1-2H3,(H,33,34). The van der Waals surface area contributed by atoms with Crippen molar-refractivity contribution in [1.82, 2.24) is 14.4 Å². The lowest BCUT2D eigenvalue weighted by Gasteiger charge is -2.10. The number of carbonyl (C=O) groups is 1. The van der Waals surface area contributed by atoms with Crippen LogP contribution in [0.4, 0.5) is 4.39 Å². The molecule has 5 aromatic rings. The lowest BCUT2D eigenvalue weighted by atomic mass is 10.1. The zero-order chi connectivity index (χ0) is 24.5. The molecule has 5 rings (SSSR count). The quantitative estimate of drug-likeness (QED) is 0.338. The predicted octanol–water partition coefficient (Wildman–Crippen LogP) is 5.55. The molecule has 0 aliphatic carbocycles. The number of rotatable bonds is 7. The number of benzene rings is 2. The molecule has 0 saturated heterocycles. The van der Waals surface area contributed by atoms with Crippen LogP contribution in [0, 0.1) is 19.7 Å². The average Bonchev–Trinajstić information content (AvgIpc) is 3.33. The number of imidazole rings is 1. The van der Waals surface area contributed by atoms with E-state index in [9.17, 15) is 14.3 Å². The van der Waals surface area contributed by atoms with Crippen molar-refractivity contribution in [3.05, 3.63) is 112 Å². The summed E-state index contributed by atoms with van der Waals surface area (Å²) < 4.78 is 21.6. The molecule has 3 aromatic heterocycles. The minimum absolute atomic E-state index is 0.202. The van der Waals surface area contributed by atoms with Gasteiger partial charge in [-0.1, -0.05) is 42.5 Å². The third-order valence-electron chi connectivity index (χ3n) is 6.07. The largest absolute Gasteiger partial charge is 0.481 e. The van der Waals surface area contributed by atoms with E-state index in [1.54, 1.807) is 6.07 Å². The highest BCUT2D eigenvalue weighted by atomic mass is 19.1.